The summed E-state index contributed by atoms with van der Waals surface area (Å²) in [6.45, 7) is 4.32. The second kappa shape index (κ2) is 11.3. The molecule has 0 atom stereocenters. The summed E-state index contributed by atoms with van der Waals surface area (Å²) in [4.78, 5) is 23.4. The molecule has 8 nitrogen and oxygen atoms in total. The Kier molecular flexibility index (Phi) is 7.56. The summed E-state index contributed by atoms with van der Waals surface area (Å²) in [5.41, 5.74) is 2.80. The zero-order valence-corrected chi connectivity index (χ0v) is 21.4. The van der Waals surface area contributed by atoms with Crippen molar-refractivity contribution in [3.63, 3.8) is 0 Å². The van der Waals surface area contributed by atoms with Crippen LogP contribution in [0.15, 0.2) is 72.9 Å². The van der Waals surface area contributed by atoms with Crippen LogP contribution in [0.4, 0.5) is 11.6 Å². The Labute approximate surface area is 217 Å². The van der Waals surface area contributed by atoms with Crippen molar-refractivity contribution in [2.24, 2.45) is 0 Å². The number of carbonyl (C=O) groups excluding carboxylic acids is 1. The van der Waals surface area contributed by atoms with E-state index >= 15 is 0 Å². The number of rotatable bonds is 8. The highest BCUT2D eigenvalue weighted by molar-refractivity contribution is 5.94. The van der Waals surface area contributed by atoms with E-state index in [2.05, 4.69) is 73.5 Å². The molecule has 37 heavy (non-hydrogen) atoms. The van der Waals surface area contributed by atoms with Crippen LogP contribution < -0.4 is 9.80 Å². The number of likely N-dealkylation sites (N-methyl/N-ethyl adjacent to an activating group) is 1. The maximum atomic E-state index is 12.6. The molecule has 0 spiro atoms. The number of amides is 1. The lowest BCUT2D eigenvalue weighted by molar-refractivity contribution is 0.0744. The summed E-state index contributed by atoms with van der Waals surface area (Å²) in [5.74, 6) is 1.76. The lowest BCUT2D eigenvalue weighted by atomic mass is 10.0. The van der Waals surface area contributed by atoms with E-state index < -0.39 is 0 Å². The second-order valence-electron chi connectivity index (χ2n) is 9.28. The Morgan fingerprint density at radius 2 is 1.59 bits per heavy atom. The molecular formula is C29H32N6O2. The molecule has 2 aromatic carbocycles. The van der Waals surface area contributed by atoms with E-state index in [1.54, 1.807) is 25.3 Å². The molecule has 0 aliphatic carbocycles. The van der Waals surface area contributed by atoms with Gasteiger partial charge in [-0.1, -0.05) is 54.6 Å². The lowest BCUT2D eigenvalue weighted by Gasteiger charge is -2.36. The minimum absolute atomic E-state index is 0.0536. The normalized spacial score (nSPS) is 13.7. The second-order valence-corrected chi connectivity index (χ2v) is 9.28. The highest BCUT2D eigenvalue weighted by atomic mass is 16.5. The molecule has 1 fully saturated rings. The first-order valence-corrected chi connectivity index (χ1v) is 12.6. The number of anilines is 2. The van der Waals surface area contributed by atoms with Crippen LogP contribution in [0.3, 0.4) is 0 Å². The molecule has 0 bridgehead atoms. The van der Waals surface area contributed by atoms with Crippen LogP contribution in [0.5, 0.6) is 0 Å². The van der Waals surface area contributed by atoms with Crippen molar-refractivity contribution in [2.45, 2.75) is 6.42 Å². The molecule has 2 aromatic heterocycles. The van der Waals surface area contributed by atoms with Crippen molar-refractivity contribution < 1.29 is 9.53 Å². The van der Waals surface area contributed by atoms with E-state index in [0.29, 0.717) is 18.7 Å². The first kappa shape index (κ1) is 24.6. The Bertz CT molecular complexity index is 1340. The molecule has 3 heterocycles. The van der Waals surface area contributed by atoms with Gasteiger partial charge in [-0.05, 0) is 17.7 Å². The number of carbonyl (C=O) groups is 1. The number of piperazine rings is 1. The largest absolute Gasteiger partial charge is 0.383 e. The summed E-state index contributed by atoms with van der Waals surface area (Å²) >= 11 is 0. The lowest BCUT2D eigenvalue weighted by Crippen LogP contribution is -2.47. The molecule has 0 radical (unpaired) electrons. The van der Waals surface area contributed by atoms with E-state index in [1.165, 1.54) is 5.56 Å². The zero-order valence-electron chi connectivity index (χ0n) is 21.4. The topological polar surface area (TPSA) is 74.7 Å². The van der Waals surface area contributed by atoms with Crippen molar-refractivity contribution in [2.75, 3.05) is 63.3 Å². The average Bonchev–Trinajstić information content (AvgIpc) is 2.96. The van der Waals surface area contributed by atoms with E-state index in [4.69, 9.17) is 4.74 Å². The van der Waals surface area contributed by atoms with Gasteiger partial charge in [-0.2, -0.15) is 5.10 Å². The molecular weight excluding hydrogens is 464 g/mol. The molecule has 1 aliphatic heterocycles. The molecule has 1 amide bonds. The maximum Gasteiger partial charge on any atom is 0.255 e. The highest BCUT2D eigenvalue weighted by Gasteiger charge is 2.22. The number of nitrogens with zero attached hydrogens (tertiary/aromatic N) is 6. The van der Waals surface area contributed by atoms with Gasteiger partial charge < -0.3 is 19.4 Å². The third-order valence-corrected chi connectivity index (χ3v) is 6.83. The van der Waals surface area contributed by atoms with Gasteiger partial charge in [0.1, 0.15) is 5.82 Å². The van der Waals surface area contributed by atoms with Gasteiger partial charge in [-0.3, -0.25) is 4.79 Å². The van der Waals surface area contributed by atoms with Gasteiger partial charge in [0.2, 0.25) is 0 Å². The van der Waals surface area contributed by atoms with Crippen LogP contribution in [0.2, 0.25) is 0 Å². The van der Waals surface area contributed by atoms with Gasteiger partial charge in [0.25, 0.3) is 5.91 Å². The number of methoxy groups -OCH3 is 1. The number of hydrogen-bond acceptors (Lipinski definition) is 7. The third-order valence-electron chi connectivity index (χ3n) is 6.83. The minimum atomic E-state index is -0.0536. The molecule has 1 aliphatic rings. The fourth-order valence-electron chi connectivity index (χ4n) is 4.70. The summed E-state index contributed by atoms with van der Waals surface area (Å²) < 4.78 is 5.06. The molecule has 0 N–H and O–H groups in total. The fraction of sp³-hybridized carbons (Fsp3) is 0.310. The van der Waals surface area contributed by atoms with Crippen molar-refractivity contribution in [1.29, 1.82) is 0 Å². The number of benzene rings is 2. The van der Waals surface area contributed by atoms with Crippen molar-refractivity contribution in [3.8, 4) is 0 Å². The first-order chi connectivity index (χ1) is 18.1. The summed E-state index contributed by atoms with van der Waals surface area (Å²) in [6, 6.07) is 22.6. The summed E-state index contributed by atoms with van der Waals surface area (Å²) in [7, 11) is 3.40. The molecule has 0 saturated carbocycles. The quantitative estimate of drug-likeness (QED) is 0.369. The van der Waals surface area contributed by atoms with Crippen LogP contribution >= 0.6 is 0 Å². The average molecular weight is 497 g/mol. The van der Waals surface area contributed by atoms with Gasteiger partial charge in [-0.25, -0.2) is 4.98 Å². The van der Waals surface area contributed by atoms with Gasteiger partial charge in [-0.15, -0.1) is 5.10 Å². The number of hydrogen-bond donors (Lipinski definition) is 0. The predicted molar refractivity (Wildman–Crippen MR) is 146 cm³/mol. The number of fused-ring (bicyclic) bond motifs is 1. The number of ether oxygens (including phenoxy) is 1. The first-order valence-electron chi connectivity index (χ1n) is 12.6. The Hall–Kier alpha value is -4.04. The van der Waals surface area contributed by atoms with E-state index in [1.807, 2.05) is 18.2 Å². The minimum Gasteiger partial charge on any atom is -0.383 e. The molecule has 0 unspecified atom stereocenters. The Balaban J connectivity index is 1.26. The summed E-state index contributed by atoms with van der Waals surface area (Å²) in [5, 5.41) is 11.6. The van der Waals surface area contributed by atoms with Crippen molar-refractivity contribution in [3.05, 3.63) is 89.7 Å². The van der Waals surface area contributed by atoms with Crippen LogP contribution in [-0.4, -0.2) is 79.5 Å². The Morgan fingerprint density at radius 3 is 2.30 bits per heavy atom. The zero-order chi connectivity index (χ0) is 25.6. The van der Waals surface area contributed by atoms with Crippen molar-refractivity contribution >= 4 is 28.3 Å². The van der Waals surface area contributed by atoms with Gasteiger partial charge in [0.05, 0.1) is 17.9 Å². The fourth-order valence-corrected chi connectivity index (χ4v) is 4.70. The van der Waals surface area contributed by atoms with E-state index in [9.17, 15) is 4.79 Å². The molecule has 190 valence electrons. The van der Waals surface area contributed by atoms with Crippen LogP contribution in [0, 0.1) is 0 Å². The molecule has 8 heteroatoms. The van der Waals surface area contributed by atoms with Crippen LogP contribution in [0.1, 0.15) is 21.6 Å². The predicted octanol–water partition coefficient (Wildman–Crippen LogP) is 3.66. The monoisotopic (exact) mass is 496 g/mol. The third kappa shape index (κ3) is 5.54. The highest BCUT2D eigenvalue weighted by Crippen LogP contribution is 2.28. The van der Waals surface area contributed by atoms with E-state index in [-0.39, 0.29) is 5.91 Å². The molecule has 4 aromatic rings. The van der Waals surface area contributed by atoms with Crippen LogP contribution in [0.25, 0.3) is 10.8 Å². The molecule has 1 saturated heterocycles. The van der Waals surface area contributed by atoms with E-state index in [0.717, 1.165) is 60.7 Å². The van der Waals surface area contributed by atoms with Gasteiger partial charge in [0, 0.05) is 70.3 Å². The SMILES string of the molecule is COCCN(C)C(=O)c1ccc(N2CCN(c3nnc(Cc4ccccc4)c4ccccc34)CC2)nc1. The number of pyridine rings is 1. The molecule has 5 rings (SSSR count). The number of aromatic nitrogens is 3. The smallest absolute Gasteiger partial charge is 0.255 e. The van der Waals surface area contributed by atoms with Crippen LogP contribution in [-0.2, 0) is 11.2 Å². The van der Waals surface area contributed by atoms with Gasteiger partial charge >= 0.3 is 0 Å². The summed E-state index contributed by atoms with van der Waals surface area (Å²) in [6.07, 6.45) is 2.42. The Morgan fingerprint density at radius 1 is 0.892 bits per heavy atom. The van der Waals surface area contributed by atoms with Crippen molar-refractivity contribution in [1.82, 2.24) is 20.1 Å². The maximum absolute atomic E-state index is 12.6. The standard InChI is InChI=1S/C29H32N6O2/c1-33(18-19-37-2)29(36)23-12-13-27(30-21-23)34-14-16-35(17-15-34)28-25-11-7-6-10-24(25)26(31-32-28)20-22-8-4-3-5-9-22/h3-13,21H,14-20H2,1-2H3. The van der Waals surface area contributed by atoms with Gasteiger partial charge in [0.15, 0.2) is 5.82 Å².